The van der Waals surface area contributed by atoms with Crippen LogP contribution in [0.5, 0.6) is 11.5 Å². The van der Waals surface area contributed by atoms with E-state index in [2.05, 4.69) is 4.74 Å². The van der Waals surface area contributed by atoms with Crippen LogP contribution in [-0.4, -0.2) is 54.4 Å². The fraction of sp³-hybridized carbons (Fsp3) is 0.300. The first kappa shape index (κ1) is 27.3. The lowest BCUT2D eigenvalue weighted by molar-refractivity contribution is 0.0110. The number of carbonyl (C=O) groups excluding carboxylic acids is 2. The van der Waals surface area contributed by atoms with Crippen LogP contribution in [0, 0.1) is 11.6 Å². The Balaban J connectivity index is 1.60. The van der Waals surface area contributed by atoms with Crippen LogP contribution in [-0.2, 0) is 9.47 Å². The predicted molar refractivity (Wildman–Crippen MR) is 145 cm³/mol. The molecule has 1 aliphatic carbocycles. The Labute approximate surface area is 239 Å². The molecule has 2 bridgehead atoms. The third-order valence-corrected chi connectivity index (χ3v) is 7.89. The second-order valence-corrected chi connectivity index (χ2v) is 10.1. The lowest BCUT2D eigenvalue weighted by atomic mass is 9.74. The minimum absolute atomic E-state index is 0.0368. The maximum Gasteiger partial charge on any atom is 0.510 e. The van der Waals surface area contributed by atoms with Gasteiger partial charge >= 0.3 is 6.16 Å². The summed E-state index contributed by atoms with van der Waals surface area (Å²) in [6.07, 6.45) is 6.10. The lowest BCUT2D eigenvalue weighted by Gasteiger charge is -2.54. The summed E-state index contributed by atoms with van der Waals surface area (Å²) in [6, 6.07) is 12.0. The van der Waals surface area contributed by atoms with Crippen molar-refractivity contribution in [3.8, 4) is 11.5 Å². The van der Waals surface area contributed by atoms with Crippen molar-refractivity contribution in [3.05, 3.63) is 106 Å². The van der Waals surface area contributed by atoms with Gasteiger partial charge in [-0.1, -0.05) is 36.4 Å². The molecule has 12 heteroatoms. The van der Waals surface area contributed by atoms with Gasteiger partial charge in [-0.3, -0.25) is 19.3 Å². The van der Waals surface area contributed by atoms with E-state index in [1.165, 1.54) is 23.0 Å². The van der Waals surface area contributed by atoms with Crippen molar-refractivity contribution in [2.75, 3.05) is 32.2 Å². The molecule has 1 atom stereocenters. The van der Waals surface area contributed by atoms with Crippen molar-refractivity contribution in [1.29, 1.82) is 0 Å². The topological polar surface area (TPSA) is 99.5 Å². The van der Waals surface area contributed by atoms with E-state index in [9.17, 15) is 18.8 Å². The van der Waals surface area contributed by atoms with Crippen molar-refractivity contribution in [2.24, 2.45) is 0 Å². The summed E-state index contributed by atoms with van der Waals surface area (Å²) in [5, 5.41) is 1.78. The van der Waals surface area contributed by atoms with Gasteiger partial charge in [0.15, 0.2) is 17.3 Å². The Morgan fingerprint density at radius 2 is 1.88 bits per heavy atom. The molecule has 3 heterocycles. The molecule has 1 saturated carbocycles. The summed E-state index contributed by atoms with van der Waals surface area (Å²) in [5.74, 6) is -3.25. The van der Waals surface area contributed by atoms with Crippen LogP contribution < -0.4 is 19.9 Å². The molecule has 0 saturated heterocycles. The molecule has 0 N–H and O–H groups in total. The molecule has 0 radical (unpaired) electrons. The first-order chi connectivity index (χ1) is 20.3. The molecular weight excluding hydrogens is 552 g/mol. The van der Waals surface area contributed by atoms with Crippen molar-refractivity contribution in [1.82, 2.24) is 9.58 Å². The van der Waals surface area contributed by atoms with E-state index in [1.807, 2.05) is 36.4 Å². The Morgan fingerprint density at radius 1 is 1.10 bits per heavy atom. The van der Waals surface area contributed by atoms with Crippen molar-refractivity contribution >= 4 is 12.1 Å². The fourth-order valence-electron chi connectivity index (χ4n) is 5.73. The van der Waals surface area contributed by atoms with E-state index in [1.54, 1.807) is 16.0 Å². The molecule has 1 aromatic heterocycles. The molecule has 1 spiro atoms. The third-order valence-electron chi connectivity index (χ3n) is 7.89. The molecule has 3 aliphatic rings. The number of ether oxygens (including phenoxy) is 4. The van der Waals surface area contributed by atoms with Gasteiger partial charge < -0.3 is 23.8 Å². The van der Waals surface area contributed by atoms with Gasteiger partial charge in [0.05, 0.1) is 12.6 Å². The van der Waals surface area contributed by atoms with Crippen LogP contribution in [0.25, 0.3) is 0 Å². The maximum absolute atomic E-state index is 15.4. The maximum atomic E-state index is 15.4. The molecular formula is C30H27F2N3O7. The number of aromatic nitrogens is 1. The van der Waals surface area contributed by atoms with Gasteiger partial charge in [0, 0.05) is 17.8 Å². The highest BCUT2D eigenvalue weighted by Gasteiger charge is 2.49. The van der Waals surface area contributed by atoms with Gasteiger partial charge in [0.25, 0.3) is 5.91 Å². The number of rotatable bonds is 4. The van der Waals surface area contributed by atoms with E-state index >= 15 is 4.39 Å². The summed E-state index contributed by atoms with van der Waals surface area (Å²) in [7, 11) is 1.12. The number of pyridine rings is 1. The van der Waals surface area contributed by atoms with Crippen LogP contribution in [0.4, 0.5) is 13.6 Å². The lowest BCUT2D eigenvalue weighted by Crippen LogP contribution is -2.64. The second kappa shape index (κ2) is 10.8. The van der Waals surface area contributed by atoms with Gasteiger partial charge in [-0.05, 0) is 43.0 Å². The number of benzene rings is 2. The van der Waals surface area contributed by atoms with Gasteiger partial charge in [0.2, 0.25) is 23.8 Å². The number of methoxy groups -OCH3 is 1. The van der Waals surface area contributed by atoms with Crippen LogP contribution >= 0.6 is 0 Å². The summed E-state index contributed by atoms with van der Waals surface area (Å²) >= 11 is 0. The number of amides is 1. The Kier molecular flexibility index (Phi) is 7.05. The number of fused-ring (bicyclic) bond motifs is 6. The summed E-state index contributed by atoms with van der Waals surface area (Å²) in [6.45, 7) is -0.696. The highest BCUT2D eigenvalue weighted by atomic mass is 19.2. The third kappa shape index (κ3) is 4.52. The minimum atomic E-state index is -1.13. The Bertz CT molecular complexity index is 1620. The molecule has 6 rings (SSSR count). The van der Waals surface area contributed by atoms with Crippen LogP contribution in [0.15, 0.2) is 71.7 Å². The molecule has 2 aliphatic heterocycles. The number of carbonyl (C=O) groups is 2. The second-order valence-electron chi connectivity index (χ2n) is 10.1. The summed E-state index contributed by atoms with van der Waals surface area (Å²) < 4.78 is 52.1. The zero-order valence-corrected chi connectivity index (χ0v) is 22.6. The highest BCUT2D eigenvalue weighted by molar-refractivity contribution is 5.97. The van der Waals surface area contributed by atoms with Crippen LogP contribution in [0.2, 0.25) is 0 Å². The Hall–Kier alpha value is -4.87. The monoisotopic (exact) mass is 579 g/mol. The van der Waals surface area contributed by atoms with Gasteiger partial charge in [-0.25, -0.2) is 9.18 Å². The molecule has 2 aromatic carbocycles. The smallest absolute Gasteiger partial charge is 0.486 e. The standard InChI is InChI=1S/C30H27F2N3O7/c1-39-29(38)42-18-41-27-22(36)11-15-34-25(27)28(37)33-17-35(34)24(19-7-3-2-4-8-19)20-9-10-21(31)23(32)26(20)40-16-6-14-30(33)12-5-13-30/h2-4,6-11,14-15,24H,5,12-13,16-18H2,1H3/b14-6+/t24-/m1/s1. The van der Waals surface area contributed by atoms with E-state index in [0.29, 0.717) is 24.0 Å². The molecule has 10 nitrogen and oxygen atoms in total. The SMILES string of the molecule is COC(=O)OCOc1c2n(ccc1=O)N1CN(C2=O)C2(/C=C/COc3c(ccc(F)c3F)[C@H]1c1ccccc1)CCC2. The summed E-state index contributed by atoms with van der Waals surface area (Å²) in [5.41, 5.74) is -0.420. The van der Waals surface area contributed by atoms with E-state index in [4.69, 9.17) is 14.2 Å². The molecule has 42 heavy (non-hydrogen) atoms. The minimum Gasteiger partial charge on any atom is -0.486 e. The number of hydrogen-bond donors (Lipinski definition) is 0. The normalized spacial score (nSPS) is 19.4. The van der Waals surface area contributed by atoms with Crippen molar-refractivity contribution in [2.45, 2.75) is 30.8 Å². The average molecular weight is 580 g/mol. The van der Waals surface area contributed by atoms with E-state index in [0.717, 1.165) is 19.6 Å². The summed E-state index contributed by atoms with van der Waals surface area (Å²) in [4.78, 5) is 40.5. The van der Waals surface area contributed by atoms with Crippen LogP contribution in [0.1, 0.15) is 46.9 Å². The fourth-order valence-corrected chi connectivity index (χ4v) is 5.73. The van der Waals surface area contributed by atoms with Gasteiger partial charge in [-0.2, -0.15) is 4.39 Å². The molecule has 1 amide bonds. The number of halogens is 2. The van der Waals surface area contributed by atoms with E-state index < -0.39 is 47.5 Å². The zero-order valence-electron chi connectivity index (χ0n) is 22.6. The predicted octanol–water partition coefficient (Wildman–Crippen LogP) is 4.26. The Morgan fingerprint density at radius 3 is 2.60 bits per heavy atom. The van der Waals surface area contributed by atoms with Crippen molar-refractivity contribution in [3.63, 3.8) is 0 Å². The number of nitrogens with zero attached hydrogens (tertiary/aromatic N) is 3. The van der Waals surface area contributed by atoms with Crippen molar-refractivity contribution < 1.29 is 37.3 Å². The molecule has 1 fully saturated rings. The molecule has 0 unspecified atom stereocenters. The quantitative estimate of drug-likeness (QED) is 0.257. The highest BCUT2D eigenvalue weighted by Crippen LogP contribution is 2.45. The average Bonchev–Trinajstić information content (AvgIpc) is 3.00. The largest absolute Gasteiger partial charge is 0.510 e. The number of hydrogen-bond acceptors (Lipinski definition) is 8. The van der Waals surface area contributed by atoms with Gasteiger partial charge in [0.1, 0.15) is 19.3 Å². The molecule has 218 valence electrons. The first-order valence-electron chi connectivity index (χ1n) is 13.4. The molecule has 3 aromatic rings. The zero-order chi connectivity index (χ0) is 29.4. The van der Waals surface area contributed by atoms with E-state index in [-0.39, 0.29) is 30.5 Å². The first-order valence-corrected chi connectivity index (χ1v) is 13.4. The van der Waals surface area contributed by atoms with Crippen LogP contribution in [0.3, 0.4) is 0 Å². The van der Waals surface area contributed by atoms with Gasteiger partial charge in [-0.15, -0.1) is 0 Å².